The van der Waals surface area contributed by atoms with Crippen LogP contribution in [-0.4, -0.2) is 23.9 Å². The Balaban J connectivity index is 0.000000253. The fraction of sp³-hybridized carbons (Fsp3) is 0.371. The number of nitrogens with zero attached hydrogens (tertiary/aromatic N) is 1. The number of aromatic nitrogens is 1. The molecule has 1 aliphatic heterocycles. The monoisotopic (exact) mass is 745 g/mol. The van der Waals surface area contributed by atoms with Crippen LogP contribution in [0.15, 0.2) is 66.6 Å². The summed E-state index contributed by atoms with van der Waals surface area (Å²) in [5, 5.41) is 15.7. The zero-order valence-corrected chi connectivity index (χ0v) is 28.7. The molecule has 0 fully saturated rings. The van der Waals surface area contributed by atoms with E-state index in [-0.39, 0.29) is 43.5 Å². The Morgan fingerprint density at radius 1 is 0.976 bits per heavy atom. The molecule has 1 N–H and O–H groups in total. The average molecular weight is 745 g/mol. The smallest absolute Gasteiger partial charge is 0.162 e. The maximum atomic E-state index is 11.7. The van der Waals surface area contributed by atoms with Crippen LogP contribution in [0.25, 0.3) is 32.8 Å². The van der Waals surface area contributed by atoms with Gasteiger partial charge in [0.25, 0.3) is 0 Å². The first-order valence-electron chi connectivity index (χ1n) is 14.6. The fourth-order valence-electron chi connectivity index (χ4n) is 5.33. The maximum Gasteiger partial charge on any atom is 0.162 e. The Morgan fingerprint density at radius 3 is 2.27 bits per heavy atom. The number of benzene rings is 3. The number of hydrogen-bond acceptors (Lipinski definition) is 4. The molecular formula is C35H42IrNO3Si-. The van der Waals surface area contributed by atoms with E-state index in [9.17, 15) is 9.90 Å². The van der Waals surface area contributed by atoms with Crippen molar-refractivity contribution in [3.8, 4) is 22.8 Å². The number of hydrogen-bond donors (Lipinski definition) is 1. The molecule has 1 radical (unpaired) electrons. The van der Waals surface area contributed by atoms with E-state index >= 15 is 0 Å². The average Bonchev–Trinajstić information content (AvgIpc) is 2.94. The van der Waals surface area contributed by atoms with Crippen LogP contribution in [0.4, 0.5) is 0 Å². The van der Waals surface area contributed by atoms with E-state index in [1.807, 2.05) is 52.1 Å². The number of rotatable bonds is 8. The minimum atomic E-state index is -1.44. The van der Waals surface area contributed by atoms with Gasteiger partial charge < -0.3 is 14.8 Å². The van der Waals surface area contributed by atoms with Crippen LogP contribution in [0.1, 0.15) is 53.4 Å². The summed E-state index contributed by atoms with van der Waals surface area (Å²) in [6.07, 6.45) is 6.80. The molecule has 6 heteroatoms. The van der Waals surface area contributed by atoms with Gasteiger partial charge in [0.15, 0.2) is 5.78 Å². The van der Waals surface area contributed by atoms with E-state index < -0.39 is 8.07 Å². The summed E-state index contributed by atoms with van der Waals surface area (Å²) in [6.45, 7) is 15.2. The van der Waals surface area contributed by atoms with Crippen molar-refractivity contribution in [2.45, 2.75) is 73.0 Å². The van der Waals surface area contributed by atoms with Crippen molar-refractivity contribution >= 4 is 40.6 Å². The summed E-state index contributed by atoms with van der Waals surface area (Å²) in [7, 11) is -1.44. The third-order valence-corrected chi connectivity index (χ3v) is 10.0. The third-order valence-electron chi connectivity index (χ3n) is 8.03. The van der Waals surface area contributed by atoms with Crippen molar-refractivity contribution < 1.29 is 34.7 Å². The summed E-state index contributed by atoms with van der Waals surface area (Å²) < 4.78 is 6.45. The van der Waals surface area contributed by atoms with Gasteiger partial charge in [-0.05, 0) is 43.2 Å². The van der Waals surface area contributed by atoms with Crippen LogP contribution in [0, 0.1) is 17.9 Å². The van der Waals surface area contributed by atoms with Crippen molar-refractivity contribution in [3.05, 3.63) is 72.6 Å². The summed E-state index contributed by atoms with van der Waals surface area (Å²) in [6, 6.07) is 20.3. The van der Waals surface area contributed by atoms with E-state index in [1.54, 1.807) is 0 Å². The van der Waals surface area contributed by atoms with Gasteiger partial charge in [0.05, 0.1) is 19.6 Å². The molecule has 2 heterocycles. The van der Waals surface area contributed by atoms with Gasteiger partial charge in [-0.25, -0.2) is 0 Å². The van der Waals surface area contributed by atoms with Gasteiger partial charge in [0.2, 0.25) is 0 Å². The number of carbonyl (C=O) groups excluding carboxylic acids is 1. The van der Waals surface area contributed by atoms with Gasteiger partial charge in [-0.15, -0.1) is 12.1 Å². The fourth-order valence-corrected chi connectivity index (χ4v) is 6.49. The van der Waals surface area contributed by atoms with Crippen molar-refractivity contribution in [2.24, 2.45) is 11.8 Å². The van der Waals surface area contributed by atoms with Gasteiger partial charge in [0.1, 0.15) is 5.75 Å². The van der Waals surface area contributed by atoms with Crippen molar-refractivity contribution in [1.29, 1.82) is 0 Å². The normalized spacial score (nSPS) is 12.5. The second kappa shape index (κ2) is 13.9. The van der Waals surface area contributed by atoms with Gasteiger partial charge in [-0.1, -0.05) is 99.2 Å². The van der Waals surface area contributed by atoms with Gasteiger partial charge in [-0.2, -0.15) is 0 Å². The first-order valence-corrected chi connectivity index (χ1v) is 18.1. The molecule has 0 saturated carbocycles. The molecule has 4 nitrogen and oxygen atoms in total. The van der Waals surface area contributed by atoms with Crippen molar-refractivity contribution in [3.63, 3.8) is 0 Å². The number of aliphatic hydroxyl groups excluding tert-OH is 1. The largest absolute Gasteiger partial charge is 0.512 e. The molecule has 1 aliphatic rings. The number of pyridine rings is 1. The molecule has 4 aromatic rings. The summed E-state index contributed by atoms with van der Waals surface area (Å²) in [4.78, 5) is 16.4. The number of ketones is 1. The zero-order valence-electron chi connectivity index (χ0n) is 25.3. The second-order valence-corrected chi connectivity index (χ2v) is 16.7. The molecule has 0 unspecified atom stereocenters. The molecule has 41 heavy (non-hydrogen) atoms. The van der Waals surface area contributed by atoms with E-state index in [4.69, 9.17) is 4.74 Å². The summed E-state index contributed by atoms with van der Waals surface area (Å²) in [5.41, 5.74) is 1.93. The number of carbonyl (C=O) groups is 1. The Kier molecular flexibility index (Phi) is 11.1. The maximum absolute atomic E-state index is 11.7. The standard InChI is InChI=1S/C22H18NOSi.C13H24O2.Ir/c1-25(2,3)16-12-15-10-11-23-21-18-9-8-14-6-4-5-7-17(14)22(18)24-19(13-16)20(15)21;1-5-10(6-2)12(14)9-13(15)11(7-3)8-4;/h4-8,10-13H,1-3H3;9-11,14H,5-8H2,1-4H3;/q-1;;/b;12-9-;. The molecule has 0 aliphatic carbocycles. The van der Waals surface area contributed by atoms with Gasteiger partial charge >= 0.3 is 0 Å². The predicted molar refractivity (Wildman–Crippen MR) is 170 cm³/mol. The summed E-state index contributed by atoms with van der Waals surface area (Å²) in [5.74, 6) is 2.35. The predicted octanol–water partition coefficient (Wildman–Crippen LogP) is 9.37. The van der Waals surface area contributed by atoms with Crippen LogP contribution in [0.3, 0.4) is 0 Å². The summed E-state index contributed by atoms with van der Waals surface area (Å²) >= 11 is 0. The van der Waals surface area contributed by atoms with Crippen LogP contribution < -0.4 is 9.92 Å². The molecule has 5 rings (SSSR count). The molecule has 0 atom stereocenters. The molecule has 0 spiro atoms. The molecule has 1 aromatic heterocycles. The number of ether oxygens (including phenoxy) is 1. The Morgan fingerprint density at radius 2 is 1.63 bits per heavy atom. The van der Waals surface area contributed by atoms with Crippen LogP contribution in [0.5, 0.6) is 11.5 Å². The van der Waals surface area contributed by atoms with Crippen molar-refractivity contribution in [1.82, 2.24) is 4.98 Å². The van der Waals surface area contributed by atoms with E-state index in [0.29, 0.717) is 0 Å². The topological polar surface area (TPSA) is 59.4 Å². The van der Waals surface area contributed by atoms with Crippen LogP contribution in [0.2, 0.25) is 19.6 Å². The Labute approximate surface area is 259 Å². The minimum Gasteiger partial charge on any atom is -0.512 e. The zero-order chi connectivity index (χ0) is 29.0. The van der Waals surface area contributed by atoms with E-state index in [1.165, 1.54) is 16.6 Å². The molecule has 3 aromatic carbocycles. The third kappa shape index (κ3) is 6.99. The first-order chi connectivity index (χ1) is 19.1. The molecule has 219 valence electrons. The minimum absolute atomic E-state index is 0. The Hall–Kier alpha value is -2.79. The second-order valence-electron chi connectivity index (χ2n) is 11.7. The Bertz CT molecular complexity index is 1550. The number of aliphatic hydroxyl groups is 1. The molecule has 0 bridgehead atoms. The first kappa shape index (κ1) is 32.7. The molecule has 0 saturated heterocycles. The van der Waals surface area contributed by atoms with E-state index in [2.05, 4.69) is 61.0 Å². The number of allylic oxidation sites excluding steroid dienone is 2. The van der Waals surface area contributed by atoms with Crippen molar-refractivity contribution in [2.75, 3.05) is 0 Å². The van der Waals surface area contributed by atoms with Gasteiger partial charge in [-0.3, -0.25) is 4.79 Å². The van der Waals surface area contributed by atoms with E-state index in [0.717, 1.165) is 64.6 Å². The van der Waals surface area contributed by atoms with Gasteiger partial charge in [0, 0.05) is 55.3 Å². The van der Waals surface area contributed by atoms with Crippen LogP contribution >= 0.6 is 0 Å². The number of fused-ring (bicyclic) bond motifs is 4. The molecule has 0 amide bonds. The molecular weight excluding hydrogens is 703 g/mol. The van der Waals surface area contributed by atoms with Crippen LogP contribution in [-0.2, 0) is 24.9 Å². The quantitative estimate of drug-likeness (QED) is 0.0745. The SMILES string of the molecule is CCC(CC)C(=O)/C=C(\O)C(CC)CC.C[Si](C)(C)c1cc2c3c(nccc3c1)-c1[c-]cc3ccccc3c1O2.[Ir].